The van der Waals surface area contributed by atoms with Gasteiger partial charge in [0.1, 0.15) is 12.2 Å². The van der Waals surface area contributed by atoms with E-state index < -0.39 is 12.2 Å². The summed E-state index contributed by atoms with van der Waals surface area (Å²) in [6, 6.07) is 33.3. The van der Waals surface area contributed by atoms with E-state index in [2.05, 4.69) is 135 Å². The van der Waals surface area contributed by atoms with E-state index in [9.17, 15) is 10.2 Å². The van der Waals surface area contributed by atoms with Crippen LogP contribution >= 0.6 is 0 Å². The summed E-state index contributed by atoms with van der Waals surface area (Å²) in [5.74, 6) is 0. The highest BCUT2D eigenvalue weighted by Gasteiger charge is 2.18. The Morgan fingerprint density at radius 2 is 0.705 bits per heavy atom. The van der Waals surface area contributed by atoms with E-state index in [1.54, 1.807) is 0 Å². The number of aryl methyl sites for hydroxylation is 4. The predicted molar refractivity (Wildman–Crippen MR) is 178 cm³/mol. The third-order valence-electron chi connectivity index (χ3n) is 7.67. The van der Waals surface area contributed by atoms with Gasteiger partial charge in [-0.15, -0.1) is 0 Å². The lowest BCUT2D eigenvalue weighted by Gasteiger charge is -2.22. The van der Waals surface area contributed by atoms with Crippen LogP contribution in [0, 0.1) is 27.7 Å². The zero-order valence-corrected chi connectivity index (χ0v) is 26.5. The molecule has 0 radical (unpaired) electrons. The molecule has 6 heteroatoms. The van der Waals surface area contributed by atoms with Crippen LogP contribution in [0.5, 0.6) is 0 Å². The van der Waals surface area contributed by atoms with Crippen molar-refractivity contribution in [3.05, 3.63) is 142 Å². The van der Waals surface area contributed by atoms with Gasteiger partial charge in [0.25, 0.3) is 0 Å². The average molecular weight is 597 g/mol. The molecule has 4 aromatic rings. The molecule has 0 heterocycles. The Balaban J connectivity index is 1.16. The molecule has 0 aliphatic rings. The van der Waals surface area contributed by atoms with Crippen LogP contribution in [0.1, 0.15) is 56.7 Å². The van der Waals surface area contributed by atoms with Gasteiger partial charge < -0.3 is 30.3 Å². The number of rotatable bonds is 17. The molecule has 0 saturated carbocycles. The fourth-order valence-corrected chi connectivity index (χ4v) is 4.98. The zero-order valence-electron chi connectivity index (χ0n) is 26.5. The number of hydrogen-bond donors (Lipinski definition) is 4. The van der Waals surface area contributed by atoms with Crippen molar-refractivity contribution in [1.29, 1.82) is 0 Å². The van der Waals surface area contributed by atoms with Crippen molar-refractivity contribution in [2.75, 3.05) is 39.4 Å². The normalized spacial score (nSPS) is 13.0. The summed E-state index contributed by atoms with van der Waals surface area (Å²) >= 11 is 0. The van der Waals surface area contributed by atoms with Gasteiger partial charge in [-0.05, 0) is 49.9 Å². The van der Waals surface area contributed by atoms with Crippen molar-refractivity contribution >= 4 is 0 Å². The van der Waals surface area contributed by atoms with Crippen LogP contribution in [0.2, 0.25) is 0 Å². The Morgan fingerprint density at radius 1 is 0.455 bits per heavy atom. The average Bonchev–Trinajstić information content (AvgIpc) is 3.02. The predicted octanol–water partition coefficient (Wildman–Crippen LogP) is 5.73. The first-order valence-corrected chi connectivity index (χ1v) is 15.6. The van der Waals surface area contributed by atoms with E-state index in [0.717, 1.165) is 22.3 Å². The van der Waals surface area contributed by atoms with Crippen molar-refractivity contribution in [3.8, 4) is 0 Å². The summed E-state index contributed by atoms with van der Waals surface area (Å²) in [6.07, 6.45) is -1.78. The second-order valence-corrected chi connectivity index (χ2v) is 11.8. The van der Waals surface area contributed by atoms with Crippen molar-refractivity contribution in [3.63, 3.8) is 0 Å². The Morgan fingerprint density at radius 3 is 0.955 bits per heavy atom. The fraction of sp³-hybridized carbons (Fsp3) is 0.368. The summed E-state index contributed by atoms with van der Waals surface area (Å²) in [7, 11) is 0. The molecule has 234 valence electrons. The summed E-state index contributed by atoms with van der Waals surface area (Å²) in [4.78, 5) is 0. The fourth-order valence-electron chi connectivity index (χ4n) is 4.98. The number of aliphatic hydroxyl groups is 2. The van der Waals surface area contributed by atoms with E-state index >= 15 is 0 Å². The molecular weight excluding hydrogens is 548 g/mol. The van der Waals surface area contributed by atoms with E-state index in [1.165, 1.54) is 22.3 Å². The Bertz CT molecular complexity index is 1170. The molecule has 0 aliphatic carbocycles. The molecule has 6 nitrogen and oxygen atoms in total. The van der Waals surface area contributed by atoms with E-state index in [1.807, 2.05) is 0 Å². The lowest BCUT2D eigenvalue weighted by molar-refractivity contribution is 0.00545. The largest absolute Gasteiger partial charge is 0.389 e. The van der Waals surface area contributed by atoms with Crippen molar-refractivity contribution in [1.82, 2.24) is 10.6 Å². The van der Waals surface area contributed by atoms with Gasteiger partial charge in [0.15, 0.2) is 0 Å². The minimum absolute atomic E-state index is 0.214. The summed E-state index contributed by atoms with van der Waals surface area (Å²) in [5, 5.41) is 27.7. The van der Waals surface area contributed by atoms with Crippen LogP contribution in [-0.2, 0) is 9.47 Å². The first-order chi connectivity index (χ1) is 21.3. The second kappa shape index (κ2) is 17.2. The van der Waals surface area contributed by atoms with Gasteiger partial charge in [-0.1, -0.05) is 119 Å². The quantitative estimate of drug-likeness (QED) is 0.117. The van der Waals surface area contributed by atoms with Gasteiger partial charge in [0.2, 0.25) is 0 Å². The highest BCUT2D eigenvalue weighted by atomic mass is 16.5. The number of aliphatic hydroxyl groups excluding tert-OH is 2. The molecule has 0 fully saturated rings. The van der Waals surface area contributed by atoms with Gasteiger partial charge in [-0.3, -0.25) is 0 Å². The summed E-state index contributed by atoms with van der Waals surface area (Å²) in [5.41, 5.74) is 9.05. The smallest absolute Gasteiger partial charge is 0.108 e. The molecule has 4 aromatic carbocycles. The van der Waals surface area contributed by atoms with Gasteiger partial charge >= 0.3 is 0 Å². The van der Waals surface area contributed by atoms with Crippen LogP contribution in [-0.4, -0.2) is 61.8 Å². The number of nitrogens with one attached hydrogen (secondary N) is 2. The Labute approximate surface area is 263 Å². The van der Waals surface area contributed by atoms with E-state index in [4.69, 9.17) is 9.47 Å². The Kier molecular flexibility index (Phi) is 13.1. The van der Waals surface area contributed by atoms with E-state index in [-0.39, 0.29) is 25.4 Å². The first-order valence-electron chi connectivity index (χ1n) is 15.6. The third kappa shape index (κ3) is 10.7. The summed E-state index contributed by atoms with van der Waals surface area (Å²) in [6.45, 7) is 10.8. The highest BCUT2D eigenvalue weighted by molar-refractivity contribution is 5.34. The molecule has 44 heavy (non-hydrogen) atoms. The molecule has 0 aliphatic heterocycles. The van der Waals surface area contributed by atoms with Crippen LogP contribution in [0.3, 0.4) is 0 Å². The molecule has 0 saturated heterocycles. The number of benzene rings is 4. The summed E-state index contributed by atoms with van der Waals surface area (Å²) < 4.78 is 12.5. The topological polar surface area (TPSA) is 83.0 Å². The SMILES string of the molecule is Cc1ccc(C(OC[C@H](O)CNCCNC[C@@H](O)COC(c2ccc(C)cc2)c2ccc(C)cc2)c2ccc(C)cc2)cc1. The number of hydrogen-bond acceptors (Lipinski definition) is 6. The highest BCUT2D eigenvalue weighted by Crippen LogP contribution is 2.28. The van der Waals surface area contributed by atoms with E-state index in [0.29, 0.717) is 26.2 Å². The lowest BCUT2D eigenvalue weighted by Crippen LogP contribution is -2.38. The van der Waals surface area contributed by atoms with Gasteiger partial charge in [0, 0.05) is 26.2 Å². The molecule has 2 atom stereocenters. The minimum atomic E-state index is -0.645. The van der Waals surface area contributed by atoms with Crippen molar-refractivity contribution in [2.24, 2.45) is 0 Å². The zero-order chi connectivity index (χ0) is 31.3. The van der Waals surface area contributed by atoms with Crippen LogP contribution < -0.4 is 10.6 Å². The molecule has 0 spiro atoms. The molecule has 0 amide bonds. The van der Waals surface area contributed by atoms with Gasteiger partial charge in [-0.2, -0.15) is 0 Å². The maximum absolute atomic E-state index is 10.6. The number of ether oxygens (including phenoxy) is 2. The maximum Gasteiger partial charge on any atom is 0.108 e. The third-order valence-corrected chi connectivity index (χ3v) is 7.67. The Hall–Kier alpha value is -3.36. The van der Waals surface area contributed by atoms with Crippen LogP contribution in [0.4, 0.5) is 0 Å². The van der Waals surface area contributed by atoms with Crippen molar-refractivity contribution in [2.45, 2.75) is 52.1 Å². The standard InChI is InChI=1S/C38H48N2O4/c1-27-5-13-31(14-6-27)37(32-15-7-28(2)8-16-32)43-25-35(41)23-39-21-22-40-24-36(42)26-44-38(33-17-9-29(3)10-18-33)34-19-11-30(4)12-20-34/h5-20,35-42H,21-26H2,1-4H3/t35-,36-/m1/s1. The molecule has 0 aromatic heterocycles. The van der Waals surface area contributed by atoms with Gasteiger partial charge in [0.05, 0.1) is 25.4 Å². The van der Waals surface area contributed by atoms with Crippen molar-refractivity contribution < 1.29 is 19.7 Å². The van der Waals surface area contributed by atoms with Gasteiger partial charge in [-0.25, -0.2) is 0 Å². The monoisotopic (exact) mass is 596 g/mol. The maximum atomic E-state index is 10.6. The molecular formula is C38H48N2O4. The molecule has 4 rings (SSSR count). The lowest BCUT2D eigenvalue weighted by atomic mass is 9.99. The molecule has 0 bridgehead atoms. The minimum Gasteiger partial charge on any atom is -0.389 e. The van der Waals surface area contributed by atoms with Crippen LogP contribution in [0.15, 0.2) is 97.1 Å². The molecule has 4 N–H and O–H groups in total. The molecule has 0 unspecified atom stereocenters. The van der Waals surface area contributed by atoms with Crippen LogP contribution in [0.25, 0.3) is 0 Å². The second-order valence-electron chi connectivity index (χ2n) is 11.8. The first kappa shape index (κ1) is 33.5.